The fourth-order valence-electron chi connectivity index (χ4n) is 1.83. The van der Waals surface area contributed by atoms with E-state index in [9.17, 15) is 0 Å². The number of pyridine rings is 1. The van der Waals surface area contributed by atoms with Crippen LogP contribution in [-0.4, -0.2) is 17.1 Å². The van der Waals surface area contributed by atoms with E-state index in [1.807, 2.05) is 36.4 Å². The summed E-state index contributed by atoms with van der Waals surface area (Å²) in [5, 5.41) is 3.06. The molecule has 0 aliphatic heterocycles. The van der Waals surface area contributed by atoms with Gasteiger partial charge in [-0.05, 0) is 30.3 Å². The first kappa shape index (κ1) is 14.1. The second-order valence-corrected chi connectivity index (χ2v) is 6.23. The van der Waals surface area contributed by atoms with E-state index in [-0.39, 0.29) is 0 Å². The summed E-state index contributed by atoms with van der Waals surface area (Å²) < 4.78 is 5.23. The number of methoxy groups -OCH3 is 1. The molecular formula is C16H14N2OS2. The molecule has 0 N–H and O–H groups in total. The lowest BCUT2D eigenvalue weighted by molar-refractivity contribution is 0.413. The van der Waals surface area contributed by atoms with Gasteiger partial charge in [0.25, 0.3) is 0 Å². The van der Waals surface area contributed by atoms with Crippen molar-refractivity contribution in [3.05, 3.63) is 59.7 Å². The predicted molar refractivity (Wildman–Crippen MR) is 87.9 cm³/mol. The highest BCUT2D eigenvalue weighted by atomic mass is 32.2. The number of aromatic nitrogens is 2. The molecule has 0 aliphatic rings. The molecule has 0 atom stereocenters. The number of thiazole rings is 1. The van der Waals surface area contributed by atoms with Crippen LogP contribution in [0.5, 0.6) is 5.75 Å². The maximum absolute atomic E-state index is 5.23. The fraction of sp³-hybridized carbons (Fsp3) is 0.125. The van der Waals surface area contributed by atoms with E-state index in [2.05, 4.69) is 21.4 Å². The van der Waals surface area contributed by atoms with Gasteiger partial charge in [0.1, 0.15) is 10.8 Å². The predicted octanol–water partition coefficient (Wildman–Crippen LogP) is 4.51. The SMILES string of the molecule is COc1cccc(SCc2csc(-c3ccccn3)n2)c1. The molecule has 106 valence electrons. The maximum Gasteiger partial charge on any atom is 0.142 e. The number of hydrogen-bond donors (Lipinski definition) is 0. The lowest BCUT2D eigenvalue weighted by atomic mass is 10.3. The summed E-state index contributed by atoms with van der Waals surface area (Å²) in [5.74, 6) is 1.73. The van der Waals surface area contributed by atoms with E-state index < -0.39 is 0 Å². The van der Waals surface area contributed by atoms with E-state index in [1.165, 1.54) is 4.90 Å². The minimum Gasteiger partial charge on any atom is -0.497 e. The summed E-state index contributed by atoms with van der Waals surface area (Å²) in [6.07, 6.45) is 1.79. The lowest BCUT2D eigenvalue weighted by Crippen LogP contribution is -1.85. The number of hydrogen-bond acceptors (Lipinski definition) is 5. The molecule has 0 saturated carbocycles. The van der Waals surface area contributed by atoms with Crippen molar-refractivity contribution < 1.29 is 4.74 Å². The maximum atomic E-state index is 5.23. The van der Waals surface area contributed by atoms with Gasteiger partial charge in [0.05, 0.1) is 18.5 Å². The normalized spacial score (nSPS) is 10.5. The zero-order chi connectivity index (χ0) is 14.5. The van der Waals surface area contributed by atoms with Gasteiger partial charge < -0.3 is 4.74 Å². The zero-order valence-electron chi connectivity index (χ0n) is 11.5. The van der Waals surface area contributed by atoms with E-state index in [4.69, 9.17) is 4.74 Å². The Balaban J connectivity index is 1.67. The smallest absolute Gasteiger partial charge is 0.142 e. The van der Waals surface area contributed by atoms with Crippen LogP contribution in [0.3, 0.4) is 0 Å². The molecule has 0 saturated heterocycles. The summed E-state index contributed by atoms with van der Waals surface area (Å²) in [6.45, 7) is 0. The molecule has 0 spiro atoms. The summed E-state index contributed by atoms with van der Waals surface area (Å²) in [6, 6.07) is 14.0. The Morgan fingerprint density at radius 3 is 2.95 bits per heavy atom. The van der Waals surface area contributed by atoms with Gasteiger partial charge in [-0.1, -0.05) is 12.1 Å². The molecular weight excluding hydrogens is 300 g/mol. The van der Waals surface area contributed by atoms with Gasteiger partial charge in [-0.3, -0.25) is 4.98 Å². The highest BCUT2D eigenvalue weighted by Crippen LogP contribution is 2.28. The number of ether oxygens (including phenoxy) is 1. The van der Waals surface area contributed by atoms with Crippen molar-refractivity contribution in [2.24, 2.45) is 0 Å². The molecule has 0 radical (unpaired) electrons. The summed E-state index contributed by atoms with van der Waals surface area (Å²) in [4.78, 5) is 10.2. The first-order valence-electron chi connectivity index (χ1n) is 6.48. The Kier molecular flexibility index (Phi) is 4.52. The third-order valence-corrected chi connectivity index (χ3v) is 4.80. The molecule has 3 aromatic rings. The molecule has 0 bridgehead atoms. The second kappa shape index (κ2) is 6.74. The van der Waals surface area contributed by atoms with Crippen molar-refractivity contribution in [2.45, 2.75) is 10.6 Å². The van der Waals surface area contributed by atoms with Crippen molar-refractivity contribution >= 4 is 23.1 Å². The average molecular weight is 314 g/mol. The van der Waals surface area contributed by atoms with Crippen LogP contribution in [0.1, 0.15) is 5.69 Å². The van der Waals surface area contributed by atoms with Crippen molar-refractivity contribution in [1.29, 1.82) is 0 Å². The highest BCUT2D eigenvalue weighted by Gasteiger charge is 2.06. The van der Waals surface area contributed by atoms with Gasteiger partial charge in [-0.25, -0.2) is 4.98 Å². The third kappa shape index (κ3) is 3.62. The third-order valence-electron chi connectivity index (χ3n) is 2.86. The molecule has 2 heterocycles. The number of benzene rings is 1. The molecule has 0 unspecified atom stereocenters. The Labute approximate surface area is 132 Å². The van der Waals surface area contributed by atoms with Crippen LogP contribution in [0.4, 0.5) is 0 Å². The van der Waals surface area contributed by atoms with Crippen LogP contribution in [-0.2, 0) is 5.75 Å². The Hall–Kier alpha value is -1.85. The molecule has 3 nitrogen and oxygen atoms in total. The minimum absolute atomic E-state index is 0.844. The topological polar surface area (TPSA) is 35.0 Å². The van der Waals surface area contributed by atoms with Gasteiger partial charge in [0, 0.05) is 22.2 Å². The molecule has 1 aromatic carbocycles. The van der Waals surface area contributed by atoms with E-state index >= 15 is 0 Å². The van der Waals surface area contributed by atoms with E-state index in [0.717, 1.165) is 27.9 Å². The number of nitrogens with zero attached hydrogens (tertiary/aromatic N) is 2. The minimum atomic E-state index is 0.844. The first-order chi connectivity index (χ1) is 10.3. The summed E-state index contributed by atoms with van der Waals surface area (Å²) >= 11 is 3.39. The first-order valence-corrected chi connectivity index (χ1v) is 8.34. The molecule has 5 heteroatoms. The Morgan fingerprint density at radius 2 is 2.14 bits per heavy atom. The van der Waals surface area contributed by atoms with Crippen LogP contribution in [0.2, 0.25) is 0 Å². The van der Waals surface area contributed by atoms with Crippen LogP contribution < -0.4 is 4.74 Å². The van der Waals surface area contributed by atoms with Crippen LogP contribution in [0, 0.1) is 0 Å². The molecule has 0 fully saturated rings. The van der Waals surface area contributed by atoms with Gasteiger partial charge in [-0.15, -0.1) is 23.1 Å². The van der Waals surface area contributed by atoms with Crippen LogP contribution in [0.25, 0.3) is 10.7 Å². The highest BCUT2D eigenvalue weighted by molar-refractivity contribution is 7.98. The molecule has 21 heavy (non-hydrogen) atoms. The Bertz CT molecular complexity index is 713. The van der Waals surface area contributed by atoms with Gasteiger partial charge in [0.15, 0.2) is 0 Å². The van der Waals surface area contributed by atoms with Gasteiger partial charge in [-0.2, -0.15) is 0 Å². The van der Waals surface area contributed by atoms with Crippen molar-refractivity contribution in [3.8, 4) is 16.5 Å². The van der Waals surface area contributed by atoms with Crippen molar-refractivity contribution in [3.63, 3.8) is 0 Å². The molecule has 0 amide bonds. The van der Waals surface area contributed by atoms with Gasteiger partial charge >= 0.3 is 0 Å². The molecule has 2 aromatic heterocycles. The van der Waals surface area contributed by atoms with Crippen LogP contribution >= 0.6 is 23.1 Å². The monoisotopic (exact) mass is 314 g/mol. The number of thioether (sulfide) groups is 1. The lowest BCUT2D eigenvalue weighted by Gasteiger charge is -2.03. The fourth-order valence-corrected chi connectivity index (χ4v) is 3.57. The largest absolute Gasteiger partial charge is 0.497 e. The molecule has 0 aliphatic carbocycles. The van der Waals surface area contributed by atoms with Crippen LogP contribution in [0.15, 0.2) is 58.9 Å². The van der Waals surface area contributed by atoms with Crippen molar-refractivity contribution in [1.82, 2.24) is 9.97 Å². The second-order valence-electron chi connectivity index (χ2n) is 4.33. The summed E-state index contributed by atoms with van der Waals surface area (Å²) in [5.41, 5.74) is 2.01. The van der Waals surface area contributed by atoms with Gasteiger partial charge in [0.2, 0.25) is 0 Å². The van der Waals surface area contributed by atoms with Crippen molar-refractivity contribution in [2.75, 3.05) is 7.11 Å². The average Bonchev–Trinajstić information content (AvgIpc) is 3.03. The standard InChI is InChI=1S/C16H14N2OS2/c1-19-13-5-4-6-14(9-13)20-10-12-11-21-16(18-12)15-7-2-3-8-17-15/h2-9,11H,10H2,1H3. The zero-order valence-corrected chi connectivity index (χ0v) is 13.2. The Morgan fingerprint density at radius 1 is 1.19 bits per heavy atom. The van der Waals surface area contributed by atoms with E-state index in [1.54, 1.807) is 36.4 Å². The number of rotatable bonds is 5. The van der Waals surface area contributed by atoms with E-state index in [0.29, 0.717) is 0 Å². The quantitative estimate of drug-likeness (QED) is 0.649. The molecule has 3 rings (SSSR count). The summed E-state index contributed by atoms with van der Waals surface area (Å²) in [7, 11) is 1.68.